The summed E-state index contributed by atoms with van der Waals surface area (Å²) in [6.45, 7) is 0. The molecule has 1 aliphatic heterocycles. The Labute approximate surface area is 99.2 Å². The number of nitrogens with one attached hydrogen (secondary N) is 1. The Morgan fingerprint density at radius 3 is 2.53 bits per heavy atom. The third-order valence-electron chi connectivity index (χ3n) is 2.42. The third kappa shape index (κ3) is 2.69. The van der Waals surface area contributed by atoms with Crippen molar-refractivity contribution >= 4 is 18.5 Å². The van der Waals surface area contributed by atoms with E-state index in [4.69, 9.17) is 0 Å². The fraction of sp³-hybridized carbons (Fsp3) is 0.250. The largest absolute Gasteiger partial charge is 0.453 e. The van der Waals surface area contributed by atoms with Gasteiger partial charge < -0.3 is 4.74 Å². The van der Waals surface area contributed by atoms with Crippen LogP contribution in [0, 0.1) is 0 Å². The second-order valence-corrected chi connectivity index (χ2v) is 3.65. The lowest BCUT2D eigenvalue weighted by molar-refractivity contribution is 0.157. The number of methoxy groups -OCH3 is 1. The van der Waals surface area contributed by atoms with Crippen LogP contribution in [0.2, 0.25) is 0 Å². The van der Waals surface area contributed by atoms with Crippen LogP contribution >= 0.6 is 0 Å². The second-order valence-electron chi connectivity index (χ2n) is 3.65. The average molecular weight is 231 g/mol. The fourth-order valence-electron chi connectivity index (χ4n) is 1.64. The summed E-state index contributed by atoms with van der Waals surface area (Å²) in [4.78, 5) is 19.7. The summed E-state index contributed by atoms with van der Waals surface area (Å²) in [6.07, 6.45) is 3.09. The zero-order chi connectivity index (χ0) is 12.1. The van der Waals surface area contributed by atoms with Crippen LogP contribution in [-0.4, -0.2) is 31.4 Å². The Morgan fingerprint density at radius 1 is 1.29 bits per heavy atom. The van der Waals surface area contributed by atoms with Crippen molar-refractivity contribution < 1.29 is 9.53 Å². The molecule has 0 atom stereocenters. The van der Waals surface area contributed by atoms with Gasteiger partial charge in [0.2, 0.25) is 5.79 Å². The van der Waals surface area contributed by atoms with Gasteiger partial charge in [-0.2, -0.15) is 0 Å². The molecule has 88 valence electrons. The summed E-state index contributed by atoms with van der Waals surface area (Å²) in [5, 5.41) is 2.63. The predicted octanol–water partition coefficient (Wildman–Crippen LogP) is 1.39. The van der Waals surface area contributed by atoms with Crippen LogP contribution in [0.25, 0.3) is 0 Å². The van der Waals surface area contributed by atoms with Gasteiger partial charge in [0.15, 0.2) is 0 Å². The first-order valence-corrected chi connectivity index (χ1v) is 5.23. The first-order chi connectivity index (χ1) is 8.24. The Morgan fingerprint density at radius 2 is 1.94 bits per heavy atom. The minimum absolute atomic E-state index is 0.496. The van der Waals surface area contributed by atoms with Gasteiger partial charge in [-0.25, -0.2) is 14.8 Å². The molecule has 1 aliphatic rings. The van der Waals surface area contributed by atoms with Gasteiger partial charge in [-0.15, -0.1) is 0 Å². The van der Waals surface area contributed by atoms with Gasteiger partial charge in [0, 0.05) is 18.9 Å². The Hall–Kier alpha value is -2.17. The SMILES string of the molecule is COC(=O)NC1(Cc2ccccc2)N=CC=N1. The molecule has 0 aromatic heterocycles. The topological polar surface area (TPSA) is 63.0 Å². The molecule has 0 bridgehead atoms. The zero-order valence-corrected chi connectivity index (χ0v) is 9.46. The van der Waals surface area contributed by atoms with Gasteiger partial charge in [-0.3, -0.25) is 5.32 Å². The lowest BCUT2D eigenvalue weighted by Gasteiger charge is -2.23. The molecule has 0 saturated carbocycles. The summed E-state index contributed by atoms with van der Waals surface area (Å²) >= 11 is 0. The monoisotopic (exact) mass is 231 g/mol. The predicted molar refractivity (Wildman–Crippen MR) is 65.4 cm³/mol. The maximum atomic E-state index is 11.3. The molecule has 1 aromatic rings. The van der Waals surface area contributed by atoms with Crippen LogP contribution in [0.15, 0.2) is 40.3 Å². The molecule has 1 aromatic carbocycles. The third-order valence-corrected chi connectivity index (χ3v) is 2.42. The Bertz CT molecular complexity index is 442. The van der Waals surface area contributed by atoms with Crippen molar-refractivity contribution in [2.24, 2.45) is 9.98 Å². The smallest absolute Gasteiger partial charge is 0.410 e. The Kier molecular flexibility index (Phi) is 3.18. The van der Waals surface area contributed by atoms with Gasteiger partial charge in [0.25, 0.3) is 0 Å². The number of hydrogen-bond acceptors (Lipinski definition) is 4. The van der Waals surface area contributed by atoms with Gasteiger partial charge in [-0.1, -0.05) is 30.3 Å². The maximum absolute atomic E-state index is 11.3. The van der Waals surface area contributed by atoms with Crippen LogP contribution in [0.4, 0.5) is 4.79 Å². The van der Waals surface area contributed by atoms with E-state index in [-0.39, 0.29) is 0 Å². The van der Waals surface area contributed by atoms with E-state index in [0.29, 0.717) is 6.42 Å². The molecular weight excluding hydrogens is 218 g/mol. The number of hydrogen-bond donors (Lipinski definition) is 1. The number of alkyl carbamates (subject to hydrolysis) is 1. The van der Waals surface area contributed by atoms with Crippen molar-refractivity contribution in [1.29, 1.82) is 0 Å². The summed E-state index contributed by atoms with van der Waals surface area (Å²) in [5.41, 5.74) is 1.04. The van der Waals surface area contributed by atoms with Crippen LogP contribution in [0.3, 0.4) is 0 Å². The van der Waals surface area contributed by atoms with Gasteiger partial charge in [0.05, 0.1) is 7.11 Å². The van der Waals surface area contributed by atoms with Crippen LogP contribution in [0.5, 0.6) is 0 Å². The standard InChI is InChI=1S/C12H13N3O2/c1-17-11(16)15-12(13-7-8-14-12)9-10-5-3-2-4-6-10/h2-8H,9H2,1H3,(H,15,16). The molecule has 0 radical (unpaired) electrons. The number of aliphatic imine (C=N–C) groups is 2. The van der Waals surface area contributed by atoms with E-state index < -0.39 is 11.9 Å². The fourth-order valence-corrected chi connectivity index (χ4v) is 1.64. The van der Waals surface area contributed by atoms with Crippen molar-refractivity contribution in [2.45, 2.75) is 12.2 Å². The second kappa shape index (κ2) is 4.78. The van der Waals surface area contributed by atoms with Crippen molar-refractivity contribution in [2.75, 3.05) is 7.11 Å². The first kappa shape index (κ1) is 11.3. The molecule has 0 saturated heterocycles. The number of amides is 1. The van der Waals surface area contributed by atoms with Crippen molar-refractivity contribution in [3.05, 3.63) is 35.9 Å². The molecule has 0 aliphatic carbocycles. The van der Waals surface area contributed by atoms with Gasteiger partial charge >= 0.3 is 6.09 Å². The number of carbonyl (C=O) groups excluding carboxylic acids is 1. The van der Waals surface area contributed by atoms with Crippen molar-refractivity contribution in [3.63, 3.8) is 0 Å². The highest BCUT2D eigenvalue weighted by molar-refractivity contribution is 6.17. The summed E-state index contributed by atoms with van der Waals surface area (Å²) < 4.78 is 4.58. The first-order valence-electron chi connectivity index (χ1n) is 5.23. The zero-order valence-electron chi connectivity index (χ0n) is 9.46. The quantitative estimate of drug-likeness (QED) is 0.854. The normalized spacial score (nSPS) is 15.8. The highest BCUT2D eigenvalue weighted by Crippen LogP contribution is 2.19. The molecule has 0 spiro atoms. The summed E-state index contributed by atoms with van der Waals surface area (Å²) in [5.74, 6) is -0.964. The highest BCUT2D eigenvalue weighted by Gasteiger charge is 2.32. The van der Waals surface area contributed by atoms with Gasteiger partial charge in [0.1, 0.15) is 0 Å². The van der Waals surface area contributed by atoms with E-state index in [1.807, 2.05) is 30.3 Å². The minimum atomic E-state index is -0.964. The average Bonchev–Trinajstić information content (AvgIpc) is 2.78. The number of nitrogens with zero attached hydrogens (tertiary/aromatic N) is 2. The van der Waals surface area contributed by atoms with E-state index in [1.165, 1.54) is 7.11 Å². The number of carbonyl (C=O) groups is 1. The van der Waals surface area contributed by atoms with Gasteiger partial charge in [-0.05, 0) is 5.56 Å². The molecular formula is C12H13N3O2. The number of benzene rings is 1. The summed E-state index contributed by atoms with van der Waals surface area (Å²) in [7, 11) is 1.31. The number of rotatable bonds is 3. The highest BCUT2D eigenvalue weighted by atomic mass is 16.5. The lowest BCUT2D eigenvalue weighted by Crippen LogP contribution is -2.46. The molecule has 1 amide bonds. The van der Waals surface area contributed by atoms with Crippen LogP contribution < -0.4 is 5.32 Å². The van der Waals surface area contributed by atoms with Crippen LogP contribution in [0.1, 0.15) is 5.56 Å². The van der Waals surface area contributed by atoms with Crippen molar-refractivity contribution in [1.82, 2.24) is 5.32 Å². The molecule has 5 heteroatoms. The molecule has 2 rings (SSSR count). The minimum Gasteiger partial charge on any atom is -0.453 e. The van der Waals surface area contributed by atoms with Crippen LogP contribution in [-0.2, 0) is 11.2 Å². The molecule has 0 unspecified atom stereocenters. The molecule has 0 fully saturated rings. The summed E-state index contributed by atoms with van der Waals surface area (Å²) in [6, 6.07) is 9.73. The molecule has 5 nitrogen and oxygen atoms in total. The molecule has 1 N–H and O–H groups in total. The van der Waals surface area contributed by atoms with E-state index in [9.17, 15) is 4.79 Å². The van der Waals surface area contributed by atoms with E-state index in [2.05, 4.69) is 20.0 Å². The van der Waals surface area contributed by atoms with E-state index in [1.54, 1.807) is 12.4 Å². The van der Waals surface area contributed by atoms with Crippen molar-refractivity contribution in [3.8, 4) is 0 Å². The Balaban J connectivity index is 2.16. The number of ether oxygens (including phenoxy) is 1. The van der Waals surface area contributed by atoms with E-state index >= 15 is 0 Å². The maximum Gasteiger partial charge on any atom is 0.410 e. The molecule has 1 heterocycles. The lowest BCUT2D eigenvalue weighted by atomic mass is 10.1. The van der Waals surface area contributed by atoms with E-state index in [0.717, 1.165) is 5.56 Å². The molecule has 17 heavy (non-hydrogen) atoms.